The molecule has 0 saturated heterocycles. The summed E-state index contributed by atoms with van der Waals surface area (Å²) in [6.45, 7) is 5.97. The van der Waals surface area contributed by atoms with E-state index in [-0.39, 0.29) is 12.1 Å². The third-order valence-corrected chi connectivity index (χ3v) is 2.12. The van der Waals surface area contributed by atoms with Crippen LogP contribution in [0.3, 0.4) is 0 Å². The molecule has 1 N–H and O–H groups in total. The summed E-state index contributed by atoms with van der Waals surface area (Å²) in [6, 6.07) is 0. The Bertz CT molecular complexity index is 277. The zero-order chi connectivity index (χ0) is 9.35. The zero-order valence-corrected chi connectivity index (χ0v) is 8.96. The number of aliphatic hydroxyl groups is 1. The van der Waals surface area contributed by atoms with Crippen LogP contribution in [-0.2, 0) is 12.1 Å². The molecule has 0 radical (unpaired) electrons. The van der Waals surface area contributed by atoms with Crippen molar-refractivity contribution in [1.82, 2.24) is 15.0 Å². The van der Waals surface area contributed by atoms with E-state index in [0.717, 1.165) is 0 Å². The van der Waals surface area contributed by atoms with Gasteiger partial charge in [0.25, 0.3) is 0 Å². The van der Waals surface area contributed by atoms with Crippen LogP contribution >= 0.6 is 15.9 Å². The lowest BCUT2D eigenvalue weighted by Crippen LogP contribution is -2.25. The lowest BCUT2D eigenvalue weighted by molar-refractivity contribution is 0.244. The van der Waals surface area contributed by atoms with Crippen LogP contribution in [0.25, 0.3) is 0 Å². The third-order valence-electron chi connectivity index (χ3n) is 1.50. The van der Waals surface area contributed by atoms with Crippen molar-refractivity contribution >= 4 is 15.9 Å². The molecule has 0 bridgehead atoms. The Labute approximate surface area is 79.7 Å². The van der Waals surface area contributed by atoms with Gasteiger partial charge in [0.05, 0.1) is 17.8 Å². The molecule has 0 aliphatic rings. The Kier molecular flexibility index (Phi) is 2.53. The van der Waals surface area contributed by atoms with Crippen LogP contribution in [0.4, 0.5) is 0 Å². The lowest BCUT2D eigenvalue weighted by Gasteiger charge is -2.20. The normalized spacial score (nSPS) is 12.1. The molecule has 12 heavy (non-hydrogen) atoms. The van der Waals surface area contributed by atoms with Gasteiger partial charge in [0.15, 0.2) is 4.60 Å². The van der Waals surface area contributed by atoms with Crippen LogP contribution in [0.5, 0.6) is 0 Å². The van der Waals surface area contributed by atoms with Gasteiger partial charge in [0, 0.05) is 0 Å². The first-order valence-corrected chi connectivity index (χ1v) is 4.47. The van der Waals surface area contributed by atoms with E-state index in [1.165, 1.54) is 0 Å². The first-order chi connectivity index (χ1) is 5.46. The molecule has 1 heterocycles. The van der Waals surface area contributed by atoms with Crippen molar-refractivity contribution in [2.75, 3.05) is 0 Å². The van der Waals surface area contributed by atoms with E-state index in [0.29, 0.717) is 10.3 Å². The maximum Gasteiger partial charge on any atom is 0.153 e. The molecule has 0 unspecified atom stereocenters. The molecule has 5 heteroatoms. The van der Waals surface area contributed by atoms with Gasteiger partial charge in [-0.3, -0.25) is 0 Å². The van der Waals surface area contributed by atoms with Crippen LogP contribution in [0.1, 0.15) is 26.5 Å². The van der Waals surface area contributed by atoms with Gasteiger partial charge in [0.1, 0.15) is 0 Å². The summed E-state index contributed by atoms with van der Waals surface area (Å²) in [7, 11) is 0. The van der Waals surface area contributed by atoms with Gasteiger partial charge >= 0.3 is 0 Å². The molecule has 0 fully saturated rings. The van der Waals surface area contributed by atoms with Crippen LogP contribution in [-0.4, -0.2) is 20.1 Å². The molecule has 0 amide bonds. The Morgan fingerprint density at radius 3 is 2.42 bits per heavy atom. The minimum atomic E-state index is -0.142. The molecule has 4 nitrogen and oxygen atoms in total. The molecule has 0 aliphatic carbocycles. The topological polar surface area (TPSA) is 50.9 Å². The third kappa shape index (κ3) is 1.67. The van der Waals surface area contributed by atoms with Gasteiger partial charge in [-0.1, -0.05) is 5.21 Å². The average Bonchev–Trinajstić information content (AvgIpc) is 2.29. The highest BCUT2D eigenvalue weighted by atomic mass is 79.9. The summed E-state index contributed by atoms with van der Waals surface area (Å²) in [6.07, 6.45) is 0. The molecule has 0 spiro atoms. The molecule has 1 aromatic heterocycles. The molecule has 0 aromatic carbocycles. The summed E-state index contributed by atoms with van der Waals surface area (Å²) in [4.78, 5) is 0. The van der Waals surface area contributed by atoms with Crippen LogP contribution < -0.4 is 0 Å². The van der Waals surface area contributed by atoms with E-state index >= 15 is 0 Å². The Morgan fingerprint density at radius 1 is 1.50 bits per heavy atom. The smallest absolute Gasteiger partial charge is 0.153 e. The average molecular weight is 234 g/mol. The Morgan fingerprint density at radius 2 is 2.08 bits per heavy atom. The lowest BCUT2D eigenvalue weighted by atomic mass is 10.1. The van der Waals surface area contributed by atoms with Gasteiger partial charge in [-0.2, -0.15) is 0 Å². The molecule has 68 valence electrons. The molecule has 0 saturated carbocycles. The van der Waals surface area contributed by atoms with Crippen LogP contribution in [0.2, 0.25) is 0 Å². The quantitative estimate of drug-likeness (QED) is 0.796. The fourth-order valence-corrected chi connectivity index (χ4v) is 1.32. The zero-order valence-electron chi connectivity index (χ0n) is 7.37. The molecular formula is C7H12BrN3O. The van der Waals surface area contributed by atoms with Crippen molar-refractivity contribution in [1.29, 1.82) is 0 Å². The van der Waals surface area contributed by atoms with Crippen LogP contribution in [0, 0.1) is 0 Å². The maximum atomic E-state index is 9.02. The monoisotopic (exact) mass is 233 g/mol. The molecule has 1 aromatic rings. The number of hydrogen-bond donors (Lipinski definition) is 1. The molecule has 0 atom stereocenters. The number of aromatic nitrogens is 3. The molecule has 0 aliphatic heterocycles. The van der Waals surface area contributed by atoms with Gasteiger partial charge in [-0.15, -0.1) is 5.10 Å². The Hall–Kier alpha value is -0.420. The molecule has 1 rings (SSSR count). The predicted octanol–water partition coefficient (Wildman–Crippen LogP) is 1.29. The first kappa shape index (κ1) is 9.67. The number of rotatable bonds is 1. The summed E-state index contributed by atoms with van der Waals surface area (Å²) in [5, 5.41) is 16.8. The summed E-state index contributed by atoms with van der Waals surface area (Å²) in [5.74, 6) is 0. The summed E-state index contributed by atoms with van der Waals surface area (Å²) < 4.78 is 2.32. The van der Waals surface area contributed by atoms with Crippen molar-refractivity contribution in [2.24, 2.45) is 0 Å². The van der Waals surface area contributed by atoms with E-state index in [1.807, 2.05) is 20.8 Å². The van der Waals surface area contributed by atoms with Crippen molar-refractivity contribution in [3.63, 3.8) is 0 Å². The fourth-order valence-electron chi connectivity index (χ4n) is 0.954. The summed E-state index contributed by atoms with van der Waals surface area (Å²) in [5.41, 5.74) is 0.569. The van der Waals surface area contributed by atoms with E-state index < -0.39 is 0 Å². The van der Waals surface area contributed by atoms with Crippen molar-refractivity contribution in [2.45, 2.75) is 32.9 Å². The second kappa shape index (κ2) is 3.14. The SMILES string of the molecule is CC(C)(C)n1nnc(Br)c1CO. The minimum Gasteiger partial charge on any atom is -0.390 e. The molecular weight excluding hydrogens is 222 g/mol. The van der Waals surface area contributed by atoms with Crippen molar-refractivity contribution in [3.8, 4) is 0 Å². The van der Waals surface area contributed by atoms with E-state index in [4.69, 9.17) is 5.11 Å². The second-order valence-electron chi connectivity index (χ2n) is 3.57. The van der Waals surface area contributed by atoms with Gasteiger partial charge in [0.2, 0.25) is 0 Å². The second-order valence-corrected chi connectivity index (χ2v) is 4.32. The van der Waals surface area contributed by atoms with Gasteiger partial charge < -0.3 is 5.11 Å². The Balaban J connectivity index is 3.16. The summed E-state index contributed by atoms with van der Waals surface area (Å²) >= 11 is 3.22. The highest BCUT2D eigenvalue weighted by Crippen LogP contribution is 2.20. The predicted molar refractivity (Wildman–Crippen MR) is 48.6 cm³/mol. The number of aliphatic hydroxyl groups excluding tert-OH is 1. The number of nitrogens with zero attached hydrogens (tertiary/aromatic N) is 3. The fraction of sp³-hybridized carbons (Fsp3) is 0.714. The largest absolute Gasteiger partial charge is 0.390 e. The van der Waals surface area contributed by atoms with E-state index in [9.17, 15) is 0 Å². The highest BCUT2D eigenvalue weighted by Gasteiger charge is 2.20. The van der Waals surface area contributed by atoms with E-state index in [2.05, 4.69) is 26.2 Å². The van der Waals surface area contributed by atoms with Gasteiger partial charge in [-0.25, -0.2) is 4.68 Å². The van der Waals surface area contributed by atoms with Gasteiger partial charge in [-0.05, 0) is 36.7 Å². The standard InChI is InChI=1S/C7H12BrN3O/c1-7(2,3)11-5(4-12)6(8)9-10-11/h12H,4H2,1-3H3. The van der Waals surface area contributed by atoms with E-state index in [1.54, 1.807) is 4.68 Å². The number of halogens is 1. The van der Waals surface area contributed by atoms with Crippen LogP contribution in [0.15, 0.2) is 4.60 Å². The van der Waals surface area contributed by atoms with Crippen molar-refractivity contribution < 1.29 is 5.11 Å². The number of hydrogen-bond acceptors (Lipinski definition) is 3. The first-order valence-electron chi connectivity index (χ1n) is 3.68. The minimum absolute atomic E-state index is 0.0507. The van der Waals surface area contributed by atoms with Crippen molar-refractivity contribution in [3.05, 3.63) is 10.3 Å². The maximum absolute atomic E-state index is 9.02. The highest BCUT2D eigenvalue weighted by molar-refractivity contribution is 9.10.